The first-order valence-electron chi connectivity index (χ1n) is 9.48. The topological polar surface area (TPSA) is 58.0 Å². The van der Waals surface area contributed by atoms with Crippen LogP contribution in [0.4, 0.5) is 24.9 Å². The van der Waals surface area contributed by atoms with Gasteiger partial charge in [0.25, 0.3) is 0 Å². The number of hydrogen-bond donors (Lipinski definition) is 0. The number of hydrogen-bond acceptors (Lipinski definition) is 6. The van der Waals surface area contributed by atoms with E-state index in [1.54, 1.807) is 18.5 Å². The highest BCUT2D eigenvalue weighted by Crippen LogP contribution is 2.32. The van der Waals surface area contributed by atoms with E-state index in [9.17, 15) is 13.2 Å². The second kappa shape index (κ2) is 7.81. The maximum absolute atomic E-state index is 12.9. The predicted octanol–water partition coefficient (Wildman–Crippen LogP) is 3.79. The molecule has 0 atom stereocenters. The Morgan fingerprint density at radius 3 is 2.45 bits per heavy atom. The Bertz CT molecular complexity index is 971. The number of halogens is 3. The maximum Gasteiger partial charge on any atom is 0.433 e. The zero-order chi connectivity index (χ0) is 20.4. The molecule has 0 bridgehead atoms. The summed E-state index contributed by atoms with van der Waals surface area (Å²) in [5.74, 6) is 1.89. The minimum Gasteiger partial charge on any atom is -0.356 e. The molecular weight excluding hydrogens is 381 g/mol. The molecule has 0 unspecified atom stereocenters. The van der Waals surface area contributed by atoms with E-state index >= 15 is 0 Å². The number of anilines is 2. The molecular formula is C20H21F3N6. The van der Waals surface area contributed by atoms with Gasteiger partial charge < -0.3 is 9.80 Å². The van der Waals surface area contributed by atoms with Crippen LogP contribution in [0.3, 0.4) is 0 Å². The van der Waals surface area contributed by atoms with Gasteiger partial charge in [0.15, 0.2) is 0 Å². The second-order valence-corrected chi connectivity index (χ2v) is 7.26. The van der Waals surface area contributed by atoms with E-state index in [-0.39, 0.29) is 0 Å². The van der Waals surface area contributed by atoms with Gasteiger partial charge in [0.1, 0.15) is 11.5 Å². The molecule has 0 aromatic carbocycles. The monoisotopic (exact) mass is 402 g/mol. The van der Waals surface area contributed by atoms with Crippen molar-refractivity contribution in [2.75, 3.05) is 36.5 Å². The molecule has 3 aromatic heterocycles. The van der Waals surface area contributed by atoms with Crippen molar-refractivity contribution < 1.29 is 13.2 Å². The number of rotatable bonds is 4. The summed E-state index contributed by atoms with van der Waals surface area (Å²) in [5, 5.41) is 0.647. The lowest BCUT2D eigenvalue weighted by Crippen LogP contribution is -2.38. The summed E-state index contributed by atoms with van der Waals surface area (Å²) in [6.45, 7) is 2.44. The molecule has 0 spiro atoms. The van der Waals surface area contributed by atoms with Crippen LogP contribution in [0.25, 0.3) is 10.9 Å². The van der Waals surface area contributed by atoms with Gasteiger partial charge in [0, 0.05) is 50.7 Å². The zero-order valence-electron chi connectivity index (χ0n) is 16.0. The van der Waals surface area contributed by atoms with Crippen LogP contribution in [-0.2, 0) is 6.18 Å². The van der Waals surface area contributed by atoms with E-state index in [1.165, 1.54) is 18.3 Å². The third-order valence-corrected chi connectivity index (χ3v) is 5.22. The smallest absolute Gasteiger partial charge is 0.356 e. The highest BCUT2D eigenvalue weighted by atomic mass is 19.4. The Hall–Kier alpha value is -2.97. The van der Waals surface area contributed by atoms with Crippen molar-refractivity contribution in [1.29, 1.82) is 0 Å². The Kier molecular flexibility index (Phi) is 5.21. The van der Waals surface area contributed by atoms with Crippen molar-refractivity contribution in [2.45, 2.75) is 19.0 Å². The fourth-order valence-corrected chi connectivity index (χ4v) is 3.73. The number of nitrogens with zero attached hydrogens (tertiary/aromatic N) is 6. The van der Waals surface area contributed by atoms with Crippen LogP contribution in [0, 0.1) is 5.92 Å². The molecule has 3 aromatic rings. The first kappa shape index (κ1) is 19.4. The maximum atomic E-state index is 12.9. The first-order valence-corrected chi connectivity index (χ1v) is 9.48. The first-order chi connectivity index (χ1) is 13.9. The third kappa shape index (κ3) is 4.23. The standard InChI is InChI=1S/C20H21F3N6/c1-28(19-25-8-2-9-26-19)13-14-6-11-29(12-7-14)18-15-3-4-17(20(21,22)23)27-16(15)5-10-24-18/h2-5,8-10,14H,6-7,11-13H2,1H3. The Balaban J connectivity index is 1.45. The lowest BCUT2D eigenvalue weighted by Gasteiger charge is -2.35. The van der Waals surface area contributed by atoms with Gasteiger partial charge in [-0.05, 0) is 43.0 Å². The molecule has 29 heavy (non-hydrogen) atoms. The van der Waals surface area contributed by atoms with Crippen molar-refractivity contribution in [2.24, 2.45) is 5.92 Å². The fourth-order valence-electron chi connectivity index (χ4n) is 3.73. The molecule has 1 aliphatic rings. The SMILES string of the molecule is CN(CC1CCN(c2nccc3nc(C(F)(F)F)ccc23)CC1)c1ncccn1. The Morgan fingerprint density at radius 2 is 1.76 bits per heavy atom. The number of pyridine rings is 2. The summed E-state index contributed by atoms with van der Waals surface area (Å²) in [5.41, 5.74) is -0.570. The van der Waals surface area contributed by atoms with Crippen molar-refractivity contribution in [3.05, 3.63) is 48.5 Å². The normalized spacial score (nSPS) is 15.7. The molecule has 1 fully saturated rings. The summed E-state index contributed by atoms with van der Waals surface area (Å²) in [7, 11) is 1.98. The quantitative estimate of drug-likeness (QED) is 0.662. The van der Waals surface area contributed by atoms with Gasteiger partial charge in [0.05, 0.1) is 5.52 Å². The summed E-state index contributed by atoms with van der Waals surface area (Å²) in [6.07, 6.45) is 2.45. The fraction of sp³-hybridized carbons (Fsp3) is 0.400. The average Bonchev–Trinajstić information content (AvgIpc) is 2.73. The molecule has 0 saturated carbocycles. The van der Waals surface area contributed by atoms with E-state index in [0.717, 1.165) is 38.5 Å². The molecule has 4 heterocycles. The molecule has 0 amide bonds. The molecule has 4 rings (SSSR count). The van der Waals surface area contributed by atoms with Crippen molar-refractivity contribution >= 4 is 22.7 Å². The third-order valence-electron chi connectivity index (χ3n) is 5.22. The van der Waals surface area contributed by atoms with Crippen LogP contribution >= 0.6 is 0 Å². The van der Waals surface area contributed by atoms with Gasteiger partial charge in [-0.2, -0.15) is 13.2 Å². The van der Waals surface area contributed by atoms with Gasteiger partial charge in [-0.25, -0.2) is 19.9 Å². The number of alkyl halides is 3. The van der Waals surface area contributed by atoms with E-state index in [2.05, 4.69) is 29.7 Å². The van der Waals surface area contributed by atoms with E-state index in [4.69, 9.17) is 0 Å². The summed E-state index contributed by atoms with van der Waals surface area (Å²) in [6, 6.07) is 5.81. The Labute approximate surface area is 166 Å². The van der Waals surface area contributed by atoms with Crippen LogP contribution in [0.1, 0.15) is 18.5 Å². The summed E-state index contributed by atoms with van der Waals surface area (Å²) >= 11 is 0. The summed E-state index contributed by atoms with van der Waals surface area (Å²) < 4.78 is 38.8. The van der Waals surface area contributed by atoms with E-state index in [0.29, 0.717) is 28.6 Å². The largest absolute Gasteiger partial charge is 0.433 e. The summed E-state index contributed by atoms with van der Waals surface area (Å²) in [4.78, 5) is 20.9. The number of aromatic nitrogens is 4. The molecule has 1 saturated heterocycles. The van der Waals surface area contributed by atoms with Gasteiger partial charge >= 0.3 is 6.18 Å². The number of fused-ring (bicyclic) bond motifs is 1. The van der Waals surface area contributed by atoms with Crippen LogP contribution in [0.15, 0.2) is 42.9 Å². The lowest BCUT2D eigenvalue weighted by molar-refractivity contribution is -0.140. The lowest BCUT2D eigenvalue weighted by atomic mass is 9.96. The van der Waals surface area contributed by atoms with E-state index < -0.39 is 11.9 Å². The van der Waals surface area contributed by atoms with Crippen LogP contribution in [0.2, 0.25) is 0 Å². The number of piperidine rings is 1. The zero-order valence-corrected chi connectivity index (χ0v) is 16.0. The van der Waals surface area contributed by atoms with Gasteiger partial charge in [-0.1, -0.05) is 0 Å². The van der Waals surface area contributed by atoms with Crippen molar-refractivity contribution in [3.63, 3.8) is 0 Å². The predicted molar refractivity (Wildman–Crippen MR) is 105 cm³/mol. The highest BCUT2D eigenvalue weighted by molar-refractivity contribution is 5.89. The highest BCUT2D eigenvalue weighted by Gasteiger charge is 2.33. The van der Waals surface area contributed by atoms with Gasteiger partial charge in [0.2, 0.25) is 5.95 Å². The molecule has 152 valence electrons. The minimum absolute atomic E-state index is 0.313. The molecule has 9 heteroatoms. The average molecular weight is 402 g/mol. The van der Waals surface area contributed by atoms with Crippen molar-refractivity contribution in [3.8, 4) is 0 Å². The molecule has 0 radical (unpaired) electrons. The second-order valence-electron chi connectivity index (χ2n) is 7.26. The Morgan fingerprint density at radius 1 is 1.03 bits per heavy atom. The van der Waals surface area contributed by atoms with Gasteiger partial charge in [-0.15, -0.1) is 0 Å². The van der Waals surface area contributed by atoms with Crippen LogP contribution in [-0.4, -0.2) is 46.6 Å². The van der Waals surface area contributed by atoms with Crippen LogP contribution in [0.5, 0.6) is 0 Å². The van der Waals surface area contributed by atoms with Gasteiger partial charge in [-0.3, -0.25) is 0 Å². The molecule has 0 aliphatic carbocycles. The van der Waals surface area contributed by atoms with Crippen LogP contribution < -0.4 is 9.80 Å². The minimum atomic E-state index is -4.45. The van der Waals surface area contributed by atoms with E-state index in [1.807, 2.05) is 7.05 Å². The molecule has 0 N–H and O–H groups in total. The molecule has 6 nitrogen and oxygen atoms in total. The van der Waals surface area contributed by atoms with Crippen molar-refractivity contribution in [1.82, 2.24) is 19.9 Å². The molecule has 1 aliphatic heterocycles.